The smallest absolute Gasteiger partial charge is 0.294 e. The summed E-state index contributed by atoms with van der Waals surface area (Å²) in [6, 6.07) is 11.9. The Morgan fingerprint density at radius 2 is 1.81 bits per heavy atom. The Morgan fingerprint density at radius 3 is 2.42 bits per heavy atom. The molecule has 8 heteroatoms. The topological polar surface area (TPSA) is 99.9 Å². The van der Waals surface area contributed by atoms with E-state index in [-0.39, 0.29) is 12.5 Å². The first kappa shape index (κ1) is 18.8. The number of methoxy groups -OCH3 is 2. The van der Waals surface area contributed by atoms with E-state index in [0.29, 0.717) is 22.7 Å². The van der Waals surface area contributed by atoms with E-state index in [1.54, 1.807) is 62.8 Å². The average molecular weight is 358 g/mol. The summed E-state index contributed by atoms with van der Waals surface area (Å²) in [5.74, 6) is 0.868. The molecule has 26 heavy (non-hydrogen) atoms. The molecule has 0 spiro atoms. The highest BCUT2D eigenvalue weighted by atomic mass is 16.9. The number of ether oxygens (including phenoxy) is 2. The summed E-state index contributed by atoms with van der Waals surface area (Å²) in [4.78, 5) is 26.4. The summed E-state index contributed by atoms with van der Waals surface area (Å²) in [6.45, 7) is -0.138. The van der Waals surface area contributed by atoms with Crippen molar-refractivity contribution in [2.45, 2.75) is 6.61 Å². The van der Waals surface area contributed by atoms with E-state index in [2.05, 4.69) is 10.2 Å². The quantitative estimate of drug-likeness (QED) is 0.442. The zero-order chi connectivity index (χ0) is 18.9. The maximum absolute atomic E-state index is 12.0. The number of rotatable bonds is 8. The molecule has 0 radical (unpaired) electrons. The van der Waals surface area contributed by atoms with Crippen LogP contribution < -0.4 is 14.8 Å². The van der Waals surface area contributed by atoms with Gasteiger partial charge in [0, 0.05) is 11.8 Å². The van der Waals surface area contributed by atoms with Crippen LogP contribution in [0.5, 0.6) is 11.5 Å². The molecule has 2 rings (SSSR count). The van der Waals surface area contributed by atoms with Crippen molar-refractivity contribution in [2.75, 3.05) is 19.5 Å². The predicted molar refractivity (Wildman–Crippen MR) is 95.4 cm³/mol. The fourth-order valence-corrected chi connectivity index (χ4v) is 2.12. The van der Waals surface area contributed by atoms with Gasteiger partial charge < -0.3 is 19.6 Å². The minimum atomic E-state index is -0.853. The van der Waals surface area contributed by atoms with Gasteiger partial charge in [-0.15, -0.1) is 10.1 Å². The second kappa shape index (κ2) is 9.07. The van der Waals surface area contributed by atoms with Crippen molar-refractivity contribution in [3.05, 3.63) is 69.8 Å². The predicted octanol–water partition coefficient (Wildman–Crippen LogP) is 3.06. The molecule has 0 atom stereocenters. The van der Waals surface area contributed by atoms with E-state index in [1.165, 1.54) is 6.08 Å². The van der Waals surface area contributed by atoms with Gasteiger partial charge in [-0.25, -0.2) is 0 Å². The van der Waals surface area contributed by atoms with Crippen LogP contribution in [0, 0.1) is 10.1 Å². The third-order valence-corrected chi connectivity index (χ3v) is 3.39. The van der Waals surface area contributed by atoms with E-state index < -0.39 is 5.09 Å². The van der Waals surface area contributed by atoms with Crippen molar-refractivity contribution in [2.24, 2.45) is 0 Å². The molecule has 1 N–H and O–H groups in total. The van der Waals surface area contributed by atoms with Crippen LogP contribution in [0.1, 0.15) is 11.1 Å². The van der Waals surface area contributed by atoms with Gasteiger partial charge in [-0.05, 0) is 41.5 Å². The van der Waals surface area contributed by atoms with Gasteiger partial charge in [0.15, 0.2) is 11.5 Å². The van der Waals surface area contributed by atoms with Crippen LogP contribution in [0.4, 0.5) is 5.69 Å². The zero-order valence-corrected chi connectivity index (χ0v) is 14.3. The molecule has 2 aromatic carbocycles. The molecule has 0 aliphatic rings. The number of amides is 1. The Morgan fingerprint density at radius 1 is 1.12 bits per heavy atom. The molecule has 0 unspecified atom stereocenters. The van der Waals surface area contributed by atoms with Crippen LogP contribution >= 0.6 is 0 Å². The number of hydrogen-bond donors (Lipinski definition) is 1. The first-order valence-corrected chi connectivity index (χ1v) is 7.59. The number of anilines is 1. The minimum absolute atomic E-state index is 0.138. The van der Waals surface area contributed by atoms with Gasteiger partial charge in [0.1, 0.15) is 6.61 Å². The van der Waals surface area contributed by atoms with Crippen LogP contribution in [0.15, 0.2) is 48.5 Å². The number of benzene rings is 2. The Bertz CT molecular complexity index is 802. The van der Waals surface area contributed by atoms with Gasteiger partial charge in [0.05, 0.1) is 14.2 Å². The standard InChI is InChI=1S/C18H18N2O6/c1-24-16-9-5-13(11-17(16)25-2)6-10-18(21)19-15-7-3-14(4-8-15)12-26-20(22)23/h3-11H,12H2,1-2H3,(H,19,21)/b10-6+. The van der Waals surface area contributed by atoms with Gasteiger partial charge in [-0.1, -0.05) is 18.2 Å². The lowest BCUT2D eigenvalue weighted by Crippen LogP contribution is -2.07. The van der Waals surface area contributed by atoms with E-state index in [1.807, 2.05) is 0 Å². The van der Waals surface area contributed by atoms with Gasteiger partial charge in [-0.3, -0.25) is 4.79 Å². The van der Waals surface area contributed by atoms with E-state index in [0.717, 1.165) is 5.56 Å². The van der Waals surface area contributed by atoms with Crippen LogP contribution in [0.3, 0.4) is 0 Å². The normalized spacial score (nSPS) is 10.4. The molecule has 0 aliphatic carbocycles. The first-order chi connectivity index (χ1) is 12.5. The molecule has 0 aliphatic heterocycles. The lowest BCUT2D eigenvalue weighted by Gasteiger charge is -2.07. The summed E-state index contributed by atoms with van der Waals surface area (Å²) in [5.41, 5.74) is 1.97. The summed E-state index contributed by atoms with van der Waals surface area (Å²) >= 11 is 0. The van der Waals surface area contributed by atoms with E-state index >= 15 is 0 Å². The number of carbonyl (C=O) groups excluding carboxylic acids is 1. The van der Waals surface area contributed by atoms with Crippen molar-refractivity contribution >= 4 is 17.7 Å². The number of nitrogens with one attached hydrogen (secondary N) is 1. The van der Waals surface area contributed by atoms with Crippen LogP contribution in [0.25, 0.3) is 6.08 Å². The molecule has 136 valence electrons. The minimum Gasteiger partial charge on any atom is -0.493 e. The largest absolute Gasteiger partial charge is 0.493 e. The van der Waals surface area contributed by atoms with Gasteiger partial charge in [-0.2, -0.15) is 0 Å². The van der Waals surface area contributed by atoms with Gasteiger partial charge >= 0.3 is 0 Å². The second-order valence-corrected chi connectivity index (χ2v) is 5.13. The molecule has 0 heterocycles. The molecular weight excluding hydrogens is 340 g/mol. The Labute approximate surface area is 150 Å². The van der Waals surface area contributed by atoms with Crippen molar-refractivity contribution in [3.63, 3.8) is 0 Å². The molecule has 0 aromatic heterocycles. The fraction of sp³-hybridized carbons (Fsp3) is 0.167. The average Bonchev–Trinajstić information content (AvgIpc) is 2.65. The number of nitrogens with zero attached hydrogens (tertiary/aromatic N) is 1. The van der Waals surface area contributed by atoms with Crippen molar-refractivity contribution < 1.29 is 24.2 Å². The van der Waals surface area contributed by atoms with Crippen LogP contribution in [0.2, 0.25) is 0 Å². The lowest BCUT2D eigenvalue weighted by molar-refractivity contribution is -0.763. The summed E-state index contributed by atoms with van der Waals surface area (Å²) in [6.07, 6.45) is 3.04. The Hall–Kier alpha value is -3.55. The molecule has 0 bridgehead atoms. The van der Waals surface area contributed by atoms with E-state index in [4.69, 9.17) is 9.47 Å². The highest BCUT2D eigenvalue weighted by Crippen LogP contribution is 2.27. The Balaban J connectivity index is 1.95. The van der Waals surface area contributed by atoms with Gasteiger partial charge in [0.2, 0.25) is 5.91 Å². The first-order valence-electron chi connectivity index (χ1n) is 7.59. The highest BCUT2D eigenvalue weighted by molar-refractivity contribution is 6.01. The molecule has 0 saturated heterocycles. The summed E-state index contributed by atoms with van der Waals surface area (Å²) in [7, 11) is 3.09. The van der Waals surface area contributed by atoms with E-state index in [9.17, 15) is 14.9 Å². The third-order valence-electron chi connectivity index (χ3n) is 3.39. The van der Waals surface area contributed by atoms with Crippen molar-refractivity contribution in [3.8, 4) is 11.5 Å². The molecular formula is C18H18N2O6. The molecule has 0 saturated carbocycles. The lowest BCUT2D eigenvalue weighted by atomic mass is 10.2. The molecule has 8 nitrogen and oxygen atoms in total. The highest BCUT2D eigenvalue weighted by Gasteiger charge is 2.04. The fourth-order valence-electron chi connectivity index (χ4n) is 2.12. The van der Waals surface area contributed by atoms with Gasteiger partial charge in [0.25, 0.3) is 5.09 Å². The van der Waals surface area contributed by atoms with Crippen LogP contribution in [-0.4, -0.2) is 25.2 Å². The second-order valence-electron chi connectivity index (χ2n) is 5.13. The Kier molecular flexibility index (Phi) is 6.55. The van der Waals surface area contributed by atoms with Crippen molar-refractivity contribution in [1.29, 1.82) is 0 Å². The maximum atomic E-state index is 12.0. The molecule has 1 amide bonds. The maximum Gasteiger partial charge on any atom is 0.294 e. The monoisotopic (exact) mass is 358 g/mol. The number of hydrogen-bond acceptors (Lipinski definition) is 6. The van der Waals surface area contributed by atoms with Crippen LogP contribution in [-0.2, 0) is 16.2 Å². The van der Waals surface area contributed by atoms with Crippen molar-refractivity contribution in [1.82, 2.24) is 0 Å². The number of carbonyl (C=O) groups is 1. The molecule has 2 aromatic rings. The zero-order valence-electron chi connectivity index (χ0n) is 14.3. The third kappa shape index (κ3) is 5.52. The summed E-state index contributed by atoms with van der Waals surface area (Å²) in [5, 5.41) is 12.0. The summed E-state index contributed by atoms with van der Waals surface area (Å²) < 4.78 is 10.4. The SMILES string of the molecule is COc1ccc(/C=C/C(=O)Nc2ccc(CO[N+](=O)[O-])cc2)cc1OC. The molecule has 0 fully saturated rings.